The van der Waals surface area contributed by atoms with E-state index >= 15 is 0 Å². The number of hydrogen-bond donors (Lipinski definition) is 3. The van der Waals surface area contributed by atoms with Crippen molar-refractivity contribution < 1.29 is 23.7 Å². The average molecular weight is 513 g/mol. The van der Waals surface area contributed by atoms with Gasteiger partial charge in [-0.1, -0.05) is 17.7 Å². The number of para-hydroxylation sites is 1. The fourth-order valence-corrected chi connectivity index (χ4v) is 4.61. The zero-order valence-electron chi connectivity index (χ0n) is 20.4. The van der Waals surface area contributed by atoms with Gasteiger partial charge < -0.3 is 34.6 Å². The van der Waals surface area contributed by atoms with E-state index in [1.165, 1.54) is 0 Å². The largest absolute Gasteiger partial charge is 0.493 e. The molecule has 0 saturated carbocycles. The lowest BCUT2D eigenvalue weighted by molar-refractivity contribution is -0.181. The molecule has 190 valence electrons. The highest BCUT2D eigenvalue weighted by Crippen LogP contribution is 2.42. The Morgan fingerprint density at radius 1 is 1.31 bits per heavy atom. The third-order valence-electron chi connectivity index (χ3n) is 6.20. The summed E-state index contributed by atoms with van der Waals surface area (Å²) in [7, 11) is 1.56. The molecule has 9 nitrogen and oxygen atoms in total. The first-order valence-electron chi connectivity index (χ1n) is 11.8. The molecule has 4 heterocycles. The third-order valence-corrected chi connectivity index (χ3v) is 6.50. The van der Waals surface area contributed by atoms with Crippen LogP contribution in [0.25, 0.3) is 11.3 Å². The smallest absolute Gasteiger partial charge is 0.255 e. The summed E-state index contributed by atoms with van der Waals surface area (Å²) < 4.78 is 23.5. The van der Waals surface area contributed by atoms with Gasteiger partial charge >= 0.3 is 0 Å². The van der Waals surface area contributed by atoms with Gasteiger partial charge in [-0.25, -0.2) is 0 Å². The third kappa shape index (κ3) is 4.86. The van der Waals surface area contributed by atoms with Gasteiger partial charge in [0.1, 0.15) is 18.5 Å². The fourth-order valence-electron chi connectivity index (χ4n) is 4.36. The Balaban J connectivity index is 1.50. The summed E-state index contributed by atoms with van der Waals surface area (Å²) >= 11 is 6.35. The second-order valence-corrected chi connectivity index (χ2v) is 9.77. The van der Waals surface area contributed by atoms with Crippen LogP contribution in [0, 0.1) is 0 Å². The number of ether oxygens (including phenoxy) is 4. The Morgan fingerprint density at radius 2 is 2.17 bits per heavy atom. The van der Waals surface area contributed by atoms with Gasteiger partial charge in [0.15, 0.2) is 5.75 Å². The number of carbonyl (C=O) groups is 1. The molecule has 1 unspecified atom stereocenters. The first kappa shape index (κ1) is 24.4. The zero-order chi connectivity index (χ0) is 25.3. The van der Waals surface area contributed by atoms with Crippen LogP contribution in [0.5, 0.6) is 11.5 Å². The van der Waals surface area contributed by atoms with Crippen molar-refractivity contribution in [2.75, 3.05) is 38.8 Å². The summed E-state index contributed by atoms with van der Waals surface area (Å²) in [6.45, 7) is 5.79. The molecule has 1 saturated heterocycles. The second-order valence-electron chi connectivity index (χ2n) is 9.37. The highest BCUT2D eigenvalue weighted by Gasteiger charge is 2.31. The summed E-state index contributed by atoms with van der Waals surface area (Å²) in [6, 6.07) is 7.27. The van der Waals surface area contributed by atoms with Crippen LogP contribution in [-0.4, -0.2) is 61.1 Å². The van der Waals surface area contributed by atoms with Crippen molar-refractivity contribution in [3.63, 3.8) is 0 Å². The highest BCUT2D eigenvalue weighted by atomic mass is 35.5. The number of fused-ring (bicyclic) bond motifs is 1. The Morgan fingerprint density at radius 3 is 2.94 bits per heavy atom. The van der Waals surface area contributed by atoms with Crippen LogP contribution < -0.4 is 20.1 Å². The Bertz CT molecular complexity index is 1270. The minimum absolute atomic E-state index is 0.158. The van der Waals surface area contributed by atoms with E-state index in [4.69, 9.17) is 30.5 Å². The van der Waals surface area contributed by atoms with Crippen molar-refractivity contribution >= 4 is 28.9 Å². The quantitative estimate of drug-likeness (QED) is 0.432. The molecule has 3 N–H and O–H groups in total. The molecule has 1 aromatic carbocycles. The molecular formula is C26H29ClN4O5. The fraction of sp³-hybridized carbons (Fsp3) is 0.385. The number of halogens is 1. The van der Waals surface area contributed by atoms with Gasteiger partial charge in [-0.15, -0.1) is 0 Å². The number of methoxy groups -OCH3 is 1. The van der Waals surface area contributed by atoms with Gasteiger partial charge in [-0.3, -0.25) is 9.78 Å². The van der Waals surface area contributed by atoms with Gasteiger partial charge in [0.25, 0.3) is 5.91 Å². The van der Waals surface area contributed by atoms with E-state index in [0.717, 1.165) is 11.3 Å². The molecule has 0 aliphatic carbocycles. The van der Waals surface area contributed by atoms with Crippen molar-refractivity contribution in [3.05, 3.63) is 52.9 Å². The molecule has 0 radical (unpaired) electrons. The lowest BCUT2D eigenvalue weighted by Gasteiger charge is -2.34. The van der Waals surface area contributed by atoms with E-state index in [2.05, 4.69) is 20.6 Å². The summed E-state index contributed by atoms with van der Waals surface area (Å²) in [5.41, 5.74) is 3.79. The number of anilines is 2. The van der Waals surface area contributed by atoms with Crippen LogP contribution in [-0.2, 0) is 15.9 Å². The predicted molar refractivity (Wildman–Crippen MR) is 137 cm³/mol. The van der Waals surface area contributed by atoms with Crippen LogP contribution >= 0.6 is 11.6 Å². The number of amides is 1. The standard InChI is InChI=1S/C26H29ClN4O5/c1-26(2)14-35-15(13-36-26)12-34-20-11-28-9-7-16(20)22-23(21-18(30-22)8-10-29-25(21)32)31-19-6-4-5-17(27)24(19)33-3/h4-7,9,11,15,30-31H,8,10,12-14H2,1-3H3,(H,29,32). The first-order valence-corrected chi connectivity index (χ1v) is 12.2. The monoisotopic (exact) mass is 512 g/mol. The predicted octanol–water partition coefficient (Wildman–Crippen LogP) is 4.34. The minimum Gasteiger partial charge on any atom is -0.493 e. The number of carbonyl (C=O) groups excluding carboxylic acids is 1. The lowest BCUT2D eigenvalue weighted by Crippen LogP contribution is -2.44. The van der Waals surface area contributed by atoms with Crippen molar-refractivity contribution in [3.8, 4) is 22.8 Å². The molecule has 10 heteroatoms. The van der Waals surface area contributed by atoms with Crippen molar-refractivity contribution in [2.45, 2.75) is 32.0 Å². The van der Waals surface area contributed by atoms with Crippen molar-refractivity contribution in [1.82, 2.24) is 15.3 Å². The molecule has 1 atom stereocenters. The molecule has 36 heavy (non-hydrogen) atoms. The summed E-state index contributed by atoms with van der Waals surface area (Å²) in [5, 5.41) is 6.78. The highest BCUT2D eigenvalue weighted by molar-refractivity contribution is 6.32. The molecular weight excluding hydrogens is 484 g/mol. The second kappa shape index (κ2) is 10.0. The maximum Gasteiger partial charge on any atom is 0.255 e. The number of benzene rings is 1. The number of hydrogen-bond acceptors (Lipinski definition) is 7. The van der Waals surface area contributed by atoms with E-state index in [1.54, 1.807) is 25.6 Å². The lowest BCUT2D eigenvalue weighted by atomic mass is 10.0. The van der Waals surface area contributed by atoms with E-state index in [9.17, 15) is 4.79 Å². The molecule has 2 aromatic heterocycles. The van der Waals surface area contributed by atoms with Gasteiger partial charge in [0.2, 0.25) is 0 Å². The first-order chi connectivity index (χ1) is 17.4. The van der Waals surface area contributed by atoms with Gasteiger partial charge in [-0.2, -0.15) is 0 Å². The maximum atomic E-state index is 12.9. The van der Waals surface area contributed by atoms with Crippen molar-refractivity contribution in [2.24, 2.45) is 0 Å². The zero-order valence-corrected chi connectivity index (χ0v) is 21.2. The summed E-state index contributed by atoms with van der Waals surface area (Å²) in [4.78, 5) is 20.6. The SMILES string of the molecule is COc1c(Cl)cccc1Nc1c(-c2ccncc2OCC2COC(C)(C)CO2)[nH]c2c1C(=O)NCC2. The maximum absolute atomic E-state index is 12.9. The average Bonchev–Trinajstić information content (AvgIpc) is 3.23. The van der Waals surface area contributed by atoms with Gasteiger partial charge in [0, 0.05) is 30.4 Å². The molecule has 1 amide bonds. The number of H-pyrrole nitrogens is 1. The van der Waals surface area contributed by atoms with E-state index < -0.39 is 0 Å². The number of rotatable bonds is 7. The number of nitrogens with one attached hydrogen (secondary N) is 3. The molecule has 3 aromatic rings. The van der Waals surface area contributed by atoms with E-state index in [-0.39, 0.29) is 17.6 Å². The summed E-state index contributed by atoms with van der Waals surface area (Å²) in [5.74, 6) is 0.889. The molecule has 2 aliphatic rings. The van der Waals surface area contributed by atoms with Crippen LogP contribution in [0.15, 0.2) is 36.7 Å². The summed E-state index contributed by atoms with van der Waals surface area (Å²) in [6.07, 6.45) is 3.83. The topological polar surface area (TPSA) is 107 Å². The van der Waals surface area contributed by atoms with Gasteiger partial charge in [-0.05, 0) is 32.0 Å². The van der Waals surface area contributed by atoms with Crippen LogP contribution in [0.4, 0.5) is 11.4 Å². The number of aromatic amines is 1. The Kier molecular flexibility index (Phi) is 6.79. The molecule has 5 rings (SSSR count). The van der Waals surface area contributed by atoms with Crippen LogP contribution in [0.3, 0.4) is 0 Å². The minimum atomic E-state index is -0.304. The number of pyridine rings is 1. The van der Waals surface area contributed by atoms with Gasteiger partial charge in [0.05, 0.1) is 59.8 Å². The normalized spacial score (nSPS) is 18.8. The number of nitrogens with zero attached hydrogens (tertiary/aromatic N) is 1. The molecule has 0 bridgehead atoms. The molecule has 0 spiro atoms. The molecule has 2 aliphatic heterocycles. The van der Waals surface area contributed by atoms with Crippen molar-refractivity contribution in [1.29, 1.82) is 0 Å². The van der Waals surface area contributed by atoms with Crippen LogP contribution in [0.1, 0.15) is 29.9 Å². The molecule has 1 fully saturated rings. The van der Waals surface area contributed by atoms with E-state index in [0.29, 0.717) is 71.9 Å². The van der Waals surface area contributed by atoms with E-state index in [1.807, 2.05) is 32.0 Å². The number of aromatic nitrogens is 2. The van der Waals surface area contributed by atoms with Crippen LogP contribution in [0.2, 0.25) is 5.02 Å². The Hall–Kier alpha value is -3.27. The Labute approximate surface area is 214 Å².